The minimum Gasteiger partial charge on any atom is -0.481 e. The zero-order valence-electron chi connectivity index (χ0n) is 12.8. The van der Waals surface area contributed by atoms with Crippen LogP contribution >= 0.6 is 0 Å². The van der Waals surface area contributed by atoms with Crippen molar-refractivity contribution in [2.24, 2.45) is 0 Å². The van der Waals surface area contributed by atoms with E-state index in [1.807, 2.05) is 42.5 Å². The Morgan fingerprint density at radius 1 is 1.08 bits per heavy atom. The molecule has 0 aliphatic carbocycles. The first-order valence-electron chi connectivity index (χ1n) is 7.45. The Hall–Kier alpha value is -3.39. The van der Waals surface area contributed by atoms with Crippen molar-refractivity contribution in [3.05, 3.63) is 66.1 Å². The lowest BCUT2D eigenvalue weighted by molar-refractivity contribution is -0.137. The van der Waals surface area contributed by atoms with Crippen molar-refractivity contribution in [3.63, 3.8) is 0 Å². The van der Waals surface area contributed by atoms with Gasteiger partial charge in [0.25, 0.3) is 0 Å². The quantitative estimate of drug-likeness (QED) is 0.771. The van der Waals surface area contributed by atoms with Crippen molar-refractivity contribution in [1.29, 1.82) is 5.26 Å². The fourth-order valence-electron chi connectivity index (χ4n) is 2.37. The van der Waals surface area contributed by atoms with E-state index in [1.165, 1.54) is 0 Å². The number of carbonyl (C=O) groups is 1. The van der Waals surface area contributed by atoms with Crippen LogP contribution in [0.4, 0.5) is 0 Å². The third-order valence-corrected chi connectivity index (χ3v) is 3.55. The number of nitriles is 1. The predicted molar refractivity (Wildman–Crippen MR) is 88.0 cm³/mol. The topological polar surface area (TPSA) is 87.1 Å². The maximum absolute atomic E-state index is 10.8. The molecule has 1 N–H and O–H groups in total. The summed E-state index contributed by atoms with van der Waals surface area (Å²) < 4.78 is 5.82. The summed E-state index contributed by atoms with van der Waals surface area (Å²) in [6.07, 6.45) is 0.187. The summed E-state index contributed by atoms with van der Waals surface area (Å²) in [7, 11) is 0. The average Bonchev–Trinajstić information content (AvgIpc) is 3.05. The highest BCUT2D eigenvalue weighted by molar-refractivity contribution is 5.77. The van der Waals surface area contributed by atoms with Crippen LogP contribution in [0.25, 0.3) is 22.6 Å². The molecule has 0 fully saturated rings. The molecule has 0 atom stereocenters. The van der Waals surface area contributed by atoms with Crippen LogP contribution in [0.5, 0.6) is 0 Å². The summed E-state index contributed by atoms with van der Waals surface area (Å²) >= 11 is 0. The van der Waals surface area contributed by atoms with Crippen molar-refractivity contribution in [2.75, 3.05) is 0 Å². The van der Waals surface area contributed by atoms with Crippen molar-refractivity contribution in [2.45, 2.75) is 12.8 Å². The van der Waals surface area contributed by atoms with E-state index >= 15 is 0 Å². The smallest absolute Gasteiger partial charge is 0.303 e. The molecule has 3 rings (SSSR count). The second-order valence-electron chi connectivity index (χ2n) is 5.23. The van der Waals surface area contributed by atoms with Crippen LogP contribution in [0.3, 0.4) is 0 Å². The zero-order chi connectivity index (χ0) is 16.9. The fraction of sp³-hybridized carbons (Fsp3) is 0.105. The van der Waals surface area contributed by atoms with E-state index in [-0.39, 0.29) is 12.8 Å². The fourth-order valence-corrected chi connectivity index (χ4v) is 2.37. The lowest BCUT2D eigenvalue weighted by Gasteiger charge is -2.01. The van der Waals surface area contributed by atoms with Gasteiger partial charge in [0, 0.05) is 17.5 Å². The standard InChI is InChI=1S/C19H14N2O3/c20-12-13-6-8-14(9-7-13)18-19(15-4-2-1-3-5-15)24-16(21-18)10-11-17(22)23/h1-9H,10-11H2,(H,22,23). The molecule has 1 heterocycles. The number of aryl methyl sites for hydroxylation is 1. The number of aromatic nitrogens is 1. The average molecular weight is 318 g/mol. The van der Waals surface area contributed by atoms with Crippen LogP contribution in [0.15, 0.2) is 59.0 Å². The summed E-state index contributed by atoms with van der Waals surface area (Å²) in [5.41, 5.74) is 2.89. The molecule has 118 valence electrons. The lowest BCUT2D eigenvalue weighted by Crippen LogP contribution is -1.97. The third-order valence-electron chi connectivity index (χ3n) is 3.55. The summed E-state index contributed by atoms with van der Waals surface area (Å²) in [4.78, 5) is 15.2. The molecule has 0 aliphatic rings. The molecular formula is C19H14N2O3. The SMILES string of the molecule is N#Cc1ccc(-c2nc(CCC(=O)O)oc2-c2ccccc2)cc1. The molecule has 3 aromatic rings. The van der Waals surface area contributed by atoms with Gasteiger partial charge in [-0.25, -0.2) is 4.98 Å². The molecule has 5 nitrogen and oxygen atoms in total. The Bertz CT molecular complexity index is 891. The van der Waals surface area contributed by atoms with Gasteiger partial charge in [0.2, 0.25) is 0 Å². The molecule has 0 unspecified atom stereocenters. The van der Waals surface area contributed by atoms with Crippen LogP contribution in [0.2, 0.25) is 0 Å². The first-order chi connectivity index (χ1) is 11.7. The summed E-state index contributed by atoms with van der Waals surface area (Å²) in [5, 5.41) is 17.8. The lowest BCUT2D eigenvalue weighted by atomic mass is 10.0. The normalized spacial score (nSPS) is 10.3. The first kappa shape index (κ1) is 15.5. The molecule has 0 saturated heterocycles. The molecule has 2 aromatic carbocycles. The number of benzene rings is 2. The highest BCUT2D eigenvalue weighted by atomic mass is 16.4. The third kappa shape index (κ3) is 3.33. The number of carboxylic acids is 1. The van der Waals surface area contributed by atoms with Gasteiger partial charge in [-0.05, 0) is 12.1 Å². The van der Waals surface area contributed by atoms with Crippen molar-refractivity contribution < 1.29 is 14.3 Å². The molecular weight excluding hydrogens is 304 g/mol. The van der Waals surface area contributed by atoms with E-state index in [0.717, 1.165) is 11.1 Å². The van der Waals surface area contributed by atoms with Gasteiger partial charge >= 0.3 is 5.97 Å². The van der Waals surface area contributed by atoms with Gasteiger partial charge in [-0.3, -0.25) is 4.79 Å². The molecule has 0 amide bonds. The van der Waals surface area contributed by atoms with Gasteiger partial charge in [0.1, 0.15) is 5.69 Å². The van der Waals surface area contributed by atoms with Gasteiger partial charge in [0.05, 0.1) is 18.1 Å². The second kappa shape index (κ2) is 6.80. The van der Waals surface area contributed by atoms with Crippen LogP contribution in [-0.2, 0) is 11.2 Å². The summed E-state index contributed by atoms with van der Waals surface area (Å²) in [6, 6.07) is 18.7. The number of aliphatic carboxylic acids is 1. The molecule has 24 heavy (non-hydrogen) atoms. The molecule has 1 aromatic heterocycles. The minimum atomic E-state index is -0.894. The van der Waals surface area contributed by atoms with E-state index in [1.54, 1.807) is 12.1 Å². The number of hydrogen-bond acceptors (Lipinski definition) is 4. The van der Waals surface area contributed by atoms with E-state index in [9.17, 15) is 4.79 Å². The van der Waals surface area contributed by atoms with Crippen molar-refractivity contribution >= 4 is 5.97 Å². The summed E-state index contributed by atoms with van der Waals surface area (Å²) in [6.45, 7) is 0. The molecule has 0 saturated carbocycles. The number of rotatable bonds is 5. The second-order valence-corrected chi connectivity index (χ2v) is 5.23. The molecule has 0 aliphatic heterocycles. The van der Waals surface area contributed by atoms with Gasteiger partial charge < -0.3 is 9.52 Å². The van der Waals surface area contributed by atoms with Crippen LogP contribution in [-0.4, -0.2) is 16.1 Å². The van der Waals surface area contributed by atoms with E-state index in [0.29, 0.717) is 22.9 Å². The van der Waals surface area contributed by atoms with Gasteiger partial charge in [-0.1, -0.05) is 42.5 Å². The minimum absolute atomic E-state index is 0.0401. The monoisotopic (exact) mass is 318 g/mol. The molecule has 0 spiro atoms. The summed E-state index contributed by atoms with van der Waals surface area (Å²) in [5.74, 6) is 0.0886. The molecule has 0 radical (unpaired) electrons. The number of hydrogen-bond donors (Lipinski definition) is 1. The van der Waals surface area contributed by atoms with Crippen LogP contribution in [0.1, 0.15) is 17.9 Å². The molecule has 0 bridgehead atoms. The van der Waals surface area contributed by atoms with Crippen LogP contribution < -0.4 is 0 Å². The van der Waals surface area contributed by atoms with Gasteiger partial charge in [-0.2, -0.15) is 5.26 Å². The maximum atomic E-state index is 10.8. The Labute approximate surface area is 138 Å². The van der Waals surface area contributed by atoms with E-state index in [2.05, 4.69) is 11.1 Å². The van der Waals surface area contributed by atoms with Gasteiger partial charge in [0.15, 0.2) is 11.7 Å². The highest BCUT2D eigenvalue weighted by Gasteiger charge is 2.17. The number of carboxylic acid groups (broad SMARTS) is 1. The van der Waals surface area contributed by atoms with Crippen molar-refractivity contribution in [3.8, 4) is 28.7 Å². The van der Waals surface area contributed by atoms with Crippen LogP contribution in [0, 0.1) is 11.3 Å². The zero-order valence-corrected chi connectivity index (χ0v) is 12.8. The Morgan fingerprint density at radius 2 is 1.79 bits per heavy atom. The predicted octanol–water partition coefficient (Wildman–Crippen LogP) is 3.90. The number of nitrogens with zero attached hydrogens (tertiary/aromatic N) is 2. The largest absolute Gasteiger partial charge is 0.481 e. The van der Waals surface area contributed by atoms with E-state index < -0.39 is 5.97 Å². The Balaban J connectivity index is 2.05. The Kier molecular flexibility index (Phi) is 4.39. The Morgan fingerprint density at radius 3 is 2.42 bits per heavy atom. The molecule has 5 heteroatoms. The highest BCUT2D eigenvalue weighted by Crippen LogP contribution is 2.33. The number of oxazole rings is 1. The van der Waals surface area contributed by atoms with Gasteiger partial charge in [-0.15, -0.1) is 0 Å². The van der Waals surface area contributed by atoms with Crippen molar-refractivity contribution in [1.82, 2.24) is 4.98 Å². The van der Waals surface area contributed by atoms with E-state index in [4.69, 9.17) is 14.8 Å². The maximum Gasteiger partial charge on any atom is 0.303 e. The first-order valence-corrected chi connectivity index (χ1v) is 7.45.